The maximum atomic E-state index is 4.50. The van der Waals surface area contributed by atoms with E-state index < -0.39 is 0 Å². The van der Waals surface area contributed by atoms with Gasteiger partial charge in [-0.05, 0) is 35.1 Å². The van der Waals surface area contributed by atoms with Crippen LogP contribution in [0.4, 0.5) is 0 Å². The zero-order chi connectivity index (χ0) is 14.5. The highest BCUT2D eigenvalue weighted by atomic mass is 14.7. The number of pyridine rings is 1. The molecule has 0 unspecified atom stereocenters. The lowest BCUT2D eigenvalue weighted by atomic mass is 9.95. The van der Waals surface area contributed by atoms with Crippen molar-refractivity contribution in [2.24, 2.45) is 5.92 Å². The summed E-state index contributed by atoms with van der Waals surface area (Å²) in [5, 5.41) is 0. The molecule has 1 heterocycles. The predicted octanol–water partition coefficient (Wildman–Crippen LogP) is 5.29. The summed E-state index contributed by atoms with van der Waals surface area (Å²) in [4.78, 5) is 4.50. The van der Waals surface area contributed by atoms with Gasteiger partial charge < -0.3 is 0 Å². The van der Waals surface area contributed by atoms with Gasteiger partial charge in [-0.25, -0.2) is 0 Å². The molecule has 2 rings (SSSR count). The summed E-state index contributed by atoms with van der Waals surface area (Å²) in [6, 6.07) is 14.9. The van der Waals surface area contributed by atoms with E-state index in [9.17, 15) is 0 Å². The van der Waals surface area contributed by atoms with E-state index in [1.807, 2.05) is 18.3 Å². The molecule has 0 saturated carbocycles. The molecule has 1 heteroatoms. The van der Waals surface area contributed by atoms with Gasteiger partial charge in [0.25, 0.3) is 0 Å². The lowest BCUT2D eigenvalue weighted by Gasteiger charge is -2.11. The first-order chi connectivity index (χ1) is 9.58. The molecule has 1 aromatic carbocycles. The largest absolute Gasteiger partial charge is 0.256 e. The molecule has 0 fully saturated rings. The van der Waals surface area contributed by atoms with Gasteiger partial charge in [-0.15, -0.1) is 0 Å². The predicted molar refractivity (Wildman–Crippen MR) is 86.7 cm³/mol. The molecule has 104 valence electrons. The van der Waals surface area contributed by atoms with Gasteiger partial charge in [0.15, 0.2) is 0 Å². The fourth-order valence-corrected chi connectivity index (χ4v) is 2.23. The summed E-state index contributed by atoms with van der Waals surface area (Å²) in [5.74, 6) is 1.06. The van der Waals surface area contributed by atoms with Gasteiger partial charge in [-0.1, -0.05) is 64.1 Å². The molecule has 0 bridgehead atoms. The monoisotopic (exact) mass is 265 g/mol. The number of rotatable bonds is 4. The molecule has 0 radical (unpaired) electrons. The molecule has 0 N–H and O–H groups in total. The fraction of sp³-hybridized carbons (Fsp3) is 0.316. The minimum absolute atomic E-state index is 0.497. The Bertz CT molecular complexity index is 562. The van der Waals surface area contributed by atoms with Crippen molar-refractivity contribution in [2.45, 2.75) is 33.6 Å². The molecule has 0 aliphatic carbocycles. The third-order valence-corrected chi connectivity index (χ3v) is 3.33. The van der Waals surface area contributed by atoms with Crippen LogP contribution in [0.2, 0.25) is 0 Å². The first kappa shape index (κ1) is 14.5. The van der Waals surface area contributed by atoms with Gasteiger partial charge in [-0.2, -0.15) is 0 Å². The Morgan fingerprint density at radius 3 is 2.15 bits per heavy atom. The summed E-state index contributed by atoms with van der Waals surface area (Å²) >= 11 is 0. The Morgan fingerprint density at radius 2 is 1.65 bits per heavy atom. The molecule has 0 saturated heterocycles. The van der Waals surface area contributed by atoms with E-state index in [0.29, 0.717) is 11.8 Å². The molecular formula is C19H23N. The second kappa shape index (κ2) is 6.51. The van der Waals surface area contributed by atoms with E-state index in [2.05, 4.69) is 69.1 Å². The van der Waals surface area contributed by atoms with Crippen LogP contribution in [0.1, 0.15) is 50.4 Å². The lowest BCUT2D eigenvalue weighted by molar-refractivity contribution is 0.833. The van der Waals surface area contributed by atoms with E-state index >= 15 is 0 Å². The van der Waals surface area contributed by atoms with E-state index in [1.54, 1.807) is 0 Å². The van der Waals surface area contributed by atoms with E-state index in [0.717, 1.165) is 5.69 Å². The van der Waals surface area contributed by atoms with E-state index in [1.165, 1.54) is 16.7 Å². The minimum Gasteiger partial charge on any atom is -0.256 e. The third kappa shape index (κ3) is 3.57. The Labute approximate surface area is 122 Å². The van der Waals surface area contributed by atoms with Gasteiger partial charge in [-0.3, -0.25) is 4.98 Å². The van der Waals surface area contributed by atoms with Crippen LogP contribution in [0.5, 0.6) is 0 Å². The van der Waals surface area contributed by atoms with Crippen LogP contribution < -0.4 is 0 Å². The van der Waals surface area contributed by atoms with Gasteiger partial charge >= 0.3 is 0 Å². The quantitative estimate of drug-likeness (QED) is 0.731. The van der Waals surface area contributed by atoms with Gasteiger partial charge in [0, 0.05) is 11.8 Å². The number of hydrogen-bond acceptors (Lipinski definition) is 1. The Hall–Kier alpha value is -1.89. The second-order valence-electron chi connectivity index (χ2n) is 5.82. The van der Waals surface area contributed by atoms with Crippen LogP contribution in [0, 0.1) is 5.92 Å². The smallest absolute Gasteiger partial charge is 0.0704 e. The zero-order valence-electron chi connectivity index (χ0n) is 12.8. The molecule has 0 aliphatic rings. The van der Waals surface area contributed by atoms with Crippen LogP contribution in [-0.4, -0.2) is 4.98 Å². The fourth-order valence-electron chi connectivity index (χ4n) is 2.23. The molecule has 0 atom stereocenters. The van der Waals surface area contributed by atoms with Crippen LogP contribution >= 0.6 is 0 Å². The Morgan fingerprint density at radius 1 is 0.950 bits per heavy atom. The van der Waals surface area contributed by atoms with Crippen molar-refractivity contribution in [3.05, 3.63) is 71.6 Å². The average Bonchev–Trinajstić information content (AvgIpc) is 2.45. The van der Waals surface area contributed by atoms with E-state index in [4.69, 9.17) is 0 Å². The van der Waals surface area contributed by atoms with Crippen molar-refractivity contribution >= 4 is 5.57 Å². The lowest BCUT2D eigenvalue weighted by Crippen LogP contribution is -1.95. The van der Waals surface area contributed by atoms with Gasteiger partial charge in [0.05, 0.1) is 5.69 Å². The third-order valence-electron chi connectivity index (χ3n) is 3.33. The van der Waals surface area contributed by atoms with Crippen LogP contribution in [-0.2, 0) is 0 Å². The van der Waals surface area contributed by atoms with Crippen molar-refractivity contribution in [3.8, 4) is 0 Å². The van der Waals surface area contributed by atoms with Crippen LogP contribution in [0.15, 0.2) is 54.7 Å². The number of aromatic nitrogens is 1. The minimum atomic E-state index is 0.497. The molecule has 2 aromatic rings. The first-order valence-electron chi connectivity index (χ1n) is 7.31. The molecule has 0 amide bonds. The standard InChI is InChI=1S/C19H23N/c1-14(2)13-18(19-7-5-6-12-20-19)17-10-8-16(9-11-17)15(3)4/h5-15H,1-4H3/b18-13+. The van der Waals surface area contributed by atoms with Crippen molar-refractivity contribution in [2.75, 3.05) is 0 Å². The number of benzene rings is 1. The SMILES string of the molecule is CC(C)/C=C(\c1ccc(C(C)C)cc1)c1ccccn1. The van der Waals surface area contributed by atoms with E-state index in [-0.39, 0.29) is 0 Å². The summed E-state index contributed by atoms with van der Waals surface area (Å²) < 4.78 is 0. The first-order valence-corrected chi connectivity index (χ1v) is 7.31. The normalized spacial score (nSPS) is 12.2. The van der Waals surface area contributed by atoms with Crippen molar-refractivity contribution in [1.29, 1.82) is 0 Å². The maximum Gasteiger partial charge on any atom is 0.0704 e. The molecule has 20 heavy (non-hydrogen) atoms. The molecular weight excluding hydrogens is 242 g/mol. The summed E-state index contributed by atoms with van der Waals surface area (Å²) in [5.41, 5.74) is 4.87. The Balaban J connectivity index is 2.42. The summed E-state index contributed by atoms with van der Waals surface area (Å²) in [6.07, 6.45) is 4.14. The second-order valence-corrected chi connectivity index (χ2v) is 5.82. The number of nitrogens with zero attached hydrogens (tertiary/aromatic N) is 1. The van der Waals surface area contributed by atoms with Crippen molar-refractivity contribution in [1.82, 2.24) is 4.98 Å². The zero-order valence-corrected chi connectivity index (χ0v) is 12.8. The molecule has 1 nitrogen and oxygen atoms in total. The summed E-state index contributed by atoms with van der Waals surface area (Å²) in [6.45, 7) is 8.84. The molecule has 0 spiro atoms. The highest BCUT2D eigenvalue weighted by molar-refractivity contribution is 5.78. The summed E-state index contributed by atoms with van der Waals surface area (Å²) in [7, 11) is 0. The van der Waals surface area contributed by atoms with Crippen molar-refractivity contribution < 1.29 is 0 Å². The molecule has 1 aromatic heterocycles. The highest BCUT2D eigenvalue weighted by Crippen LogP contribution is 2.25. The molecule has 0 aliphatic heterocycles. The van der Waals surface area contributed by atoms with Crippen molar-refractivity contribution in [3.63, 3.8) is 0 Å². The van der Waals surface area contributed by atoms with Gasteiger partial charge in [0.2, 0.25) is 0 Å². The Kier molecular flexibility index (Phi) is 4.73. The van der Waals surface area contributed by atoms with Crippen LogP contribution in [0.3, 0.4) is 0 Å². The topological polar surface area (TPSA) is 12.9 Å². The number of hydrogen-bond donors (Lipinski definition) is 0. The van der Waals surface area contributed by atoms with Crippen LogP contribution in [0.25, 0.3) is 5.57 Å². The highest BCUT2D eigenvalue weighted by Gasteiger charge is 2.08. The number of allylic oxidation sites excluding steroid dienone is 1. The maximum absolute atomic E-state index is 4.50. The van der Waals surface area contributed by atoms with Gasteiger partial charge in [0.1, 0.15) is 0 Å². The average molecular weight is 265 g/mol.